The smallest absolute Gasteiger partial charge is 0.262 e. The van der Waals surface area contributed by atoms with Gasteiger partial charge in [-0.05, 0) is 49.7 Å². The highest BCUT2D eigenvalue weighted by atomic mass is 32.2. The highest BCUT2D eigenvalue weighted by Gasteiger charge is 2.16. The number of carbonyl (C=O) groups is 1. The van der Waals surface area contributed by atoms with Crippen LogP contribution in [-0.2, 0) is 4.79 Å². The van der Waals surface area contributed by atoms with Crippen LogP contribution in [-0.4, -0.2) is 35.3 Å². The fourth-order valence-corrected chi connectivity index (χ4v) is 3.87. The topological polar surface area (TPSA) is 67.2 Å². The quantitative estimate of drug-likeness (QED) is 0.468. The maximum atomic E-state index is 13.0. The molecule has 7 heteroatoms. The zero-order valence-corrected chi connectivity index (χ0v) is 18.0. The van der Waals surface area contributed by atoms with Crippen molar-refractivity contribution in [1.29, 1.82) is 0 Å². The van der Waals surface area contributed by atoms with E-state index in [2.05, 4.69) is 10.3 Å². The molecule has 0 fully saturated rings. The molecule has 1 heterocycles. The normalized spacial score (nSPS) is 12.0. The van der Waals surface area contributed by atoms with Gasteiger partial charge in [0.1, 0.15) is 0 Å². The van der Waals surface area contributed by atoms with Crippen molar-refractivity contribution in [2.24, 2.45) is 0 Å². The third-order valence-electron chi connectivity index (χ3n) is 4.81. The molecule has 0 saturated heterocycles. The van der Waals surface area contributed by atoms with E-state index < -0.39 is 0 Å². The lowest BCUT2D eigenvalue weighted by atomic mass is 10.2. The molecule has 1 atom stereocenters. The monoisotopic (exact) mass is 410 g/mol. The summed E-state index contributed by atoms with van der Waals surface area (Å²) in [7, 11) is 3.94. The van der Waals surface area contributed by atoms with Gasteiger partial charge in [-0.1, -0.05) is 30.8 Å². The Bertz CT molecular complexity index is 1060. The largest absolute Gasteiger partial charge is 0.378 e. The van der Waals surface area contributed by atoms with Crippen molar-refractivity contribution in [2.45, 2.75) is 31.5 Å². The second-order valence-corrected chi connectivity index (χ2v) is 8.06. The van der Waals surface area contributed by atoms with Gasteiger partial charge in [0.25, 0.3) is 5.56 Å². The molecule has 0 bridgehead atoms. The van der Waals surface area contributed by atoms with Gasteiger partial charge >= 0.3 is 0 Å². The molecule has 0 aliphatic rings. The number of anilines is 2. The van der Waals surface area contributed by atoms with Crippen LogP contribution < -0.4 is 15.8 Å². The summed E-state index contributed by atoms with van der Waals surface area (Å²) in [4.78, 5) is 32.1. The average molecular weight is 411 g/mol. The van der Waals surface area contributed by atoms with E-state index in [1.807, 2.05) is 75.3 Å². The average Bonchev–Trinajstić information content (AvgIpc) is 2.72. The van der Waals surface area contributed by atoms with Crippen LogP contribution in [0.3, 0.4) is 0 Å². The van der Waals surface area contributed by atoms with Crippen LogP contribution in [0.4, 0.5) is 11.4 Å². The van der Waals surface area contributed by atoms with Gasteiger partial charge < -0.3 is 10.2 Å². The van der Waals surface area contributed by atoms with E-state index >= 15 is 0 Å². The number of carbonyl (C=O) groups excluding carboxylic acids is 1. The Hall–Kier alpha value is -2.80. The Morgan fingerprint density at radius 2 is 1.86 bits per heavy atom. The molecule has 0 aliphatic carbocycles. The maximum Gasteiger partial charge on any atom is 0.262 e. The van der Waals surface area contributed by atoms with E-state index in [-0.39, 0.29) is 23.3 Å². The predicted octanol–water partition coefficient (Wildman–Crippen LogP) is 4.16. The lowest BCUT2D eigenvalue weighted by Gasteiger charge is -2.18. The highest BCUT2D eigenvalue weighted by molar-refractivity contribution is 7.99. The van der Waals surface area contributed by atoms with Crippen molar-refractivity contribution in [3.8, 4) is 0 Å². The first-order valence-corrected chi connectivity index (χ1v) is 10.6. The number of benzene rings is 2. The van der Waals surface area contributed by atoms with E-state index in [0.717, 1.165) is 17.8 Å². The van der Waals surface area contributed by atoms with E-state index in [9.17, 15) is 9.59 Å². The number of nitrogens with zero attached hydrogens (tertiary/aromatic N) is 3. The van der Waals surface area contributed by atoms with Gasteiger partial charge in [0.2, 0.25) is 5.91 Å². The molecule has 29 heavy (non-hydrogen) atoms. The number of thioether (sulfide) groups is 1. The fourth-order valence-electron chi connectivity index (χ4n) is 2.97. The zero-order chi connectivity index (χ0) is 21.0. The highest BCUT2D eigenvalue weighted by Crippen LogP contribution is 2.23. The molecule has 0 saturated carbocycles. The van der Waals surface area contributed by atoms with E-state index in [0.29, 0.717) is 16.1 Å². The first-order valence-electron chi connectivity index (χ1n) is 9.62. The number of hydrogen-bond acceptors (Lipinski definition) is 5. The van der Waals surface area contributed by atoms with E-state index in [1.165, 1.54) is 11.8 Å². The molecule has 1 amide bonds. The minimum Gasteiger partial charge on any atom is -0.378 e. The molecule has 0 spiro atoms. The van der Waals surface area contributed by atoms with Gasteiger partial charge in [-0.15, -0.1) is 0 Å². The maximum absolute atomic E-state index is 13.0. The van der Waals surface area contributed by atoms with Crippen molar-refractivity contribution >= 4 is 39.9 Å². The molecule has 152 valence electrons. The van der Waals surface area contributed by atoms with E-state index in [1.54, 1.807) is 10.6 Å². The Kier molecular flexibility index (Phi) is 6.59. The van der Waals surface area contributed by atoms with Crippen molar-refractivity contribution in [3.05, 3.63) is 58.9 Å². The number of fused-ring (bicyclic) bond motifs is 1. The zero-order valence-electron chi connectivity index (χ0n) is 17.2. The third kappa shape index (κ3) is 4.79. The van der Waals surface area contributed by atoms with Crippen molar-refractivity contribution in [1.82, 2.24) is 9.55 Å². The molecule has 1 N–H and O–H groups in total. The first-order chi connectivity index (χ1) is 13.9. The number of hydrogen-bond donors (Lipinski definition) is 1. The van der Waals surface area contributed by atoms with Crippen LogP contribution in [0.1, 0.15) is 26.3 Å². The van der Waals surface area contributed by atoms with Crippen LogP contribution >= 0.6 is 11.8 Å². The van der Waals surface area contributed by atoms with Gasteiger partial charge in [-0.25, -0.2) is 4.98 Å². The standard InChI is InChI=1S/C22H26N4O2S/c1-5-15(2)26-21(28)18-8-6-7-9-19(18)24-22(26)29-14-20(27)23-16-10-12-17(13-11-16)25(3)4/h6-13,15H,5,14H2,1-4H3,(H,23,27). The minimum absolute atomic E-state index is 0.00347. The second-order valence-electron chi connectivity index (χ2n) is 7.12. The molecular weight excluding hydrogens is 384 g/mol. The van der Waals surface area contributed by atoms with Gasteiger partial charge in [0.15, 0.2) is 5.16 Å². The number of aromatic nitrogens is 2. The van der Waals surface area contributed by atoms with Crippen molar-refractivity contribution in [2.75, 3.05) is 30.1 Å². The molecule has 1 unspecified atom stereocenters. The molecule has 0 radical (unpaired) electrons. The van der Waals surface area contributed by atoms with Gasteiger partial charge in [0, 0.05) is 31.5 Å². The number of para-hydroxylation sites is 1. The van der Waals surface area contributed by atoms with Crippen LogP contribution in [0.2, 0.25) is 0 Å². The summed E-state index contributed by atoms with van der Waals surface area (Å²) in [6, 6.07) is 15.0. The molecule has 6 nitrogen and oxygen atoms in total. The Morgan fingerprint density at radius 1 is 1.17 bits per heavy atom. The Morgan fingerprint density at radius 3 is 2.52 bits per heavy atom. The third-order valence-corrected chi connectivity index (χ3v) is 5.76. The number of nitrogens with one attached hydrogen (secondary N) is 1. The summed E-state index contributed by atoms with van der Waals surface area (Å²) >= 11 is 1.29. The molecule has 0 aliphatic heterocycles. The minimum atomic E-state index is -0.134. The van der Waals surface area contributed by atoms with Crippen LogP contribution in [0.5, 0.6) is 0 Å². The predicted molar refractivity (Wildman–Crippen MR) is 121 cm³/mol. The van der Waals surface area contributed by atoms with E-state index in [4.69, 9.17) is 0 Å². The summed E-state index contributed by atoms with van der Waals surface area (Å²) < 4.78 is 1.70. The molecule has 3 rings (SSSR count). The Balaban J connectivity index is 1.78. The van der Waals surface area contributed by atoms with Crippen molar-refractivity contribution in [3.63, 3.8) is 0 Å². The Labute approximate surface area is 174 Å². The lowest BCUT2D eigenvalue weighted by molar-refractivity contribution is -0.113. The van der Waals surface area contributed by atoms with Gasteiger partial charge in [-0.2, -0.15) is 0 Å². The summed E-state index contributed by atoms with van der Waals surface area (Å²) in [5.74, 6) is 0.0436. The molecular formula is C22H26N4O2S. The summed E-state index contributed by atoms with van der Waals surface area (Å²) in [5, 5.41) is 4.07. The SMILES string of the molecule is CCC(C)n1c(SCC(=O)Nc2ccc(N(C)C)cc2)nc2ccccc2c1=O. The summed E-state index contributed by atoms with van der Waals surface area (Å²) in [5.41, 5.74) is 2.40. The molecule has 1 aromatic heterocycles. The molecule has 2 aromatic carbocycles. The second kappa shape index (κ2) is 9.13. The molecule has 3 aromatic rings. The van der Waals surface area contributed by atoms with Gasteiger partial charge in [0.05, 0.1) is 16.7 Å². The summed E-state index contributed by atoms with van der Waals surface area (Å²) in [6.07, 6.45) is 0.803. The number of amides is 1. The van der Waals surface area contributed by atoms with Crippen LogP contribution in [0.25, 0.3) is 10.9 Å². The summed E-state index contributed by atoms with van der Waals surface area (Å²) in [6.45, 7) is 4.03. The van der Waals surface area contributed by atoms with Gasteiger partial charge in [-0.3, -0.25) is 14.2 Å². The first kappa shape index (κ1) is 20.9. The van der Waals surface area contributed by atoms with Crippen molar-refractivity contribution < 1.29 is 4.79 Å². The lowest BCUT2D eigenvalue weighted by Crippen LogP contribution is -2.26. The van der Waals surface area contributed by atoms with Crippen LogP contribution in [0, 0.1) is 0 Å². The van der Waals surface area contributed by atoms with Crippen LogP contribution in [0.15, 0.2) is 58.5 Å². The number of rotatable bonds is 7. The fraction of sp³-hybridized carbons (Fsp3) is 0.318.